The van der Waals surface area contributed by atoms with Crippen molar-refractivity contribution in [2.75, 3.05) is 19.7 Å². The first-order valence-corrected chi connectivity index (χ1v) is 5.08. The van der Waals surface area contributed by atoms with Gasteiger partial charge < -0.3 is 10.0 Å². The van der Waals surface area contributed by atoms with Gasteiger partial charge in [-0.15, -0.1) is 0 Å². The van der Waals surface area contributed by atoms with Crippen molar-refractivity contribution >= 4 is 5.91 Å². The van der Waals surface area contributed by atoms with Gasteiger partial charge in [0.05, 0.1) is 6.61 Å². The summed E-state index contributed by atoms with van der Waals surface area (Å²) >= 11 is 0. The molecule has 0 atom stereocenters. The summed E-state index contributed by atoms with van der Waals surface area (Å²) in [5, 5.41) is 12.9. The molecule has 0 unspecified atom stereocenters. The van der Waals surface area contributed by atoms with E-state index in [1.807, 2.05) is 6.92 Å². The molecule has 84 valence electrons. The molecule has 1 N–H and O–H groups in total. The number of rotatable bonds is 5. The number of aryl methyl sites for hydroxylation is 1. The Kier molecular flexibility index (Phi) is 4.30. The zero-order chi connectivity index (χ0) is 11.3. The summed E-state index contributed by atoms with van der Waals surface area (Å²) in [5.41, 5.74) is 0.430. The van der Waals surface area contributed by atoms with Crippen molar-refractivity contribution in [1.82, 2.24) is 14.7 Å². The van der Waals surface area contributed by atoms with Crippen molar-refractivity contribution in [3.8, 4) is 0 Å². The second-order valence-electron chi connectivity index (χ2n) is 3.39. The lowest BCUT2D eigenvalue weighted by molar-refractivity contribution is 0.0715. The highest BCUT2D eigenvalue weighted by Gasteiger charge is 2.16. The minimum atomic E-state index is -0.119. The van der Waals surface area contributed by atoms with Gasteiger partial charge in [0.15, 0.2) is 0 Å². The van der Waals surface area contributed by atoms with Gasteiger partial charge in [-0.3, -0.25) is 9.48 Å². The predicted molar refractivity (Wildman–Crippen MR) is 56.5 cm³/mol. The number of aliphatic hydroxyl groups is 1. The molecule has 0 saturated heterocycles. The first-order chi connectivity index (χ1) is 7.19. The van der Waals surface area contributed by atoms with E-state index in [1.165, 1.54) is 0 Å². The summed E-state index contributed by atoms with van der Waals surface area (Å²) < 4.78 is 1.59. The molecule has 0 saturated carbocycles. The van der Waals surface area contributed by atoms with E-state index in [0.29, 0.717) is 18.8 Å². The average Bonchev–Trinajstić information content (AvgIpc) is 2.63. The number of hydrogen-bond acceptors (Lipinski definition) is 3. The lowest BCUT2D eigenvalue weighted by Gasteiger charge is -2.19. The van der Waals surface area contributed by atoms with Crippen LogP contribution in [-0.4, -0.2) is 45.4 Å². The number of carbonyl (C=O) groups excluding carboxylic acids is 1. The van der Waals surface area contributed by atoms with Crippen LogP contribution in [0.25, 0.3) is 0 Å². The molecular formula is C10H17N3O2. The molecular weight excluding hydrogens is 194 g/mol. The molecule has 1 rings (SSSR count). The van der Waals surface area contributed by atoms with Gasteiger partial charge in [-0.1, -0.05) is 6.92 Å². The quantitative estimate of drug-likeness (QED) is 0.760. The third kappa shape index (κ3) is 3.06. The van der Waals surface area contributed by atoms with Crippen LogP contribution in [0.1, 0.15) is 23.8 Å². The van der Waals surface area contributed by atoms with Crippen molar-refractivity contribution in [2.45, 2.75) is 13.3 Å². The van der Waals surface area contributed by atoms with Crippen LogP contribution in [0.5, 0.6) is 0 Å². The molecule has 0 spiro atoms. The minimum absolute atomic E-state index is 0.0153. The van der Waals surface area contributed by atoms with Crippen LogP contribution >= 0.6 is 0 Å². The molecule has 0 aliphatic rings. The van der Waals surface area contributed by atoms with E-state index < -0.39 is 0 Å². The van der Waals surface area contributed by atoms with Crippen molar-refractivity contribution in [3.63, 3.8) is 0 Å². The topological polar surface area (TPSA) is 58.4 Å². The molecule has 5 nitrogen and oxygen atoms in total. The van der Waals surface area contributed by atoms with E-state index in [9.17, 15) is 4.79 Å². The fourth-order valence-electron chi connectivity index (χ4n) is 1.40. The van der Waals surface area contributed by atoms with Gasteiger partial charge in [-0.2, -0.15) is 5.10 Å². The number of aliphatic hydroxyl groups excluding tert-OH is 1. The predicted octanol–water partition coefficient (Wildman–Crippen LogP) is 0.265. The summed E-state index contributed by atoms with van der Waals surface area (Å²) in [6, 6.07) is 1.68. The first-order valence-electron chi connectivity index (χ1n) is 5.08. The maximum absolute atomic E-state index is 11.9. The number of hydrogen-bond donors (Lipinski definition) is 1. The van der Waals surface area contributed by atoms with Crippen molar-refractivity contribution in [1.29, 1.82) is 0 Å². The van der Waals surface area contributed by atoms with Crippen molar-refractivity contribution in [2.24, 2.45) is 7.05 Å². The Bertz CT molecular complexity index is 316. The van der Waals surface area contributed by atoms with E-state index in [-0.39, 0.29) is 12.5 Å². The largest absolute Gasteiger partial charge is 0.395 e. The monoisotopic (exact) mass is 211 g/mol. The Balaban J connectivity index is 2.71. The fraction of sp³-hybridized carbons (Fsp3) is 0.600. The summed E-state index contributed by atoms with van der Waals surface area (Å²) in [4.78, 5) is 13.5. The maximum atomic E-state index is 11.9. The van der Waals surface area contributed by atoms with Crippen LogP contribution in [0.15, 0.2) is 12.3 Å². The van der Waals surface area contributed by atoms with E-state index in [4.69, 9.17) is 5.11 Å². The highest BCUT2D eigenvalue weighted by atomic mass is 16.3. The molecule has 0 fully saturated rings. The van der Waals surface area contributed by atoms with Gasteiger partial charge in [-0.25, -0.2) is 0 Å². The van der Waals surface area contributed by atoms with Crippen LogP contribution in [0.4, 0.5) is 0 Å². The molecule has 1 amide bonds. The van der Waals surface area contributed by atoms with Gasteiger partial charge >= 0.3 is 0 Å². The highest BCUT2D eigenvalue weighted by Crippen LogP contribution is 2.02. The lowest BCUT2D eigenvalue weighted by atomic mass is 10.3. The summed E-state index contributed by atoms with van der Waals surface area (Å²) in [7, 11) is 1.77. The molecule has 0 aromatic carbocycles. The maximum Gasteiger partial charge on any atom is 0.274 e. The Morgan fingerprint density at radius 3 is 2.80 bits per heavy atom. The van der Waals surface area contributed by atoms with Gasteiger partial charge in [0.2, 0.25) is 0 Å². The number of carbonyl (C=O) groups is 1. The van der Waals surface area contributed by atoms with Crippen molar-refractivity contribution < 1.29 is 9.90 Å². The Hall–Kier alpha value is -1.36. The van der Waals surface area contributed by atoms with E-state index in [2.05, 4.69) is 5.10 Å². The average molecular weight is 211 g/mol. The summed E-state index contributed by atoms with van der Waals surface area (Å²) in [6.07, 6.45) is 2.61. The van der Waals surface area contributed by atoms with Crippen LogP contribution < -0.4 is 0 Å². The Labute approximate surface area is 89.3 Å². The summed E-state index contributed by atoms with van der Waals surface area (Å²) in [5.74, 6) is -0.119. The molecule has 0 aliphatic heterocycles. The fourth-order valence-corrected chi connectivity index (χ4v) is 1.40. The van der Waals surface area contributed by atoms with E-state index >= 15 is 0 Å². The molecule has 1 heterocycles. The molecule has 1 aromatic rings. The lowest BCUT2D eigenvalue weighted by Crippen LogP contribution is -2.34. The normalized spacial score (nSPS) is 10.3. The first kappa shape index (κ1) is 11.7. The molecule has 0 bridgehead atoms. The molecule has 5 heteroatoms. The van der Waals surface area contributed by atoms with Gasteiger partial charge in [0, 0.05) is 26.3 Å². The third-order valence-corrected chi connectivity index (χ3v) is 2.08. The highest BCUT2D eigenvalue weighted by molar-refractivity contribution is 5.92. The zero-order valence-electron chi connectivity index (χ0n) is 9.18. The Morgan fingerprint density at radius 2 is 2.33 bits per heavy atom. The molecule has 15 heavy (non-hydrogen) atoms. The number of nitrogens with zero attached hydrogens (tertiary/aromatic N) is 3. The third-order valence-electron chi connectivity index (χ3n) is 2.08. The standard InChI is InChI=1S/C10H17N3O2/c1-3-5-13(7-8-14)10(15)9-4-6-12(2)11-9/h4,6,14H,3,5,7-8H2,1-2H3. The van der Waals surface area contributed by atoms with E-state index in [1.54, 1.807) is 28.9 Å². The van der Waals surface area contributed by atoms with E-state index in [0.717, 1.165) is 6.42 Å². The van der Waals surface area contributed by atoms with Gasteiger partial charge in [-0.05, 0) is 12.5 Å². The SMILES string of the molecule is CCCN(CCO)C(=O)c1ccn(C)n1. The minimum Gasteiger partial charge on any atom is -0.395 e. The van der Waals surface area contributed by atoms with Crippen LogP contribution in [-0.2, 0) is 7.05 Å². The number of aromatic nitrogens is 2. The smallest absolute Gasteiger partial charge is 0.274 e. The second-order valence-corrected chi connectivity index (χ2v) is 3.39. The van der Waals surface area contributed by atoms with Gasteiger partial charge in [0.25, 0.3) is 5.91 Å². The molecule has 1 aromatic heterocycles. The van der Waals surface area contributed by atoms with Crippen LogP contribution in [0.3, 0.4) is 0 Å². The van der Waals surface area contributed by atoms with Gasteiger partial charge in [0.1, 0.15) is 5.69 Å². The number of amides is 1. The zero-order valence-corrected chi connectivity index (χ0v) is 9.18. The summed E-state index contributed by atoms with van der Waals surface area (Å²) in [6.45, 7) is 2.99. The molecule has 0 radical (unpaired) electrons. The van der Waals surface area contributed by atoms with Crippen LogP contribution in [0.2, 0.25) is 0 Å². The van der Waals surface area contributed by atoms with Crippen molar-refractivity contribution in [3.05, 3.63) is 18.0 Å². The molecule has 0 aliphatic carbocycles. The van der Waals surface area contributed by atoms with Crippen LogP contribution in [0, 0.1) is 0 Å². The Morgan fingerprint density at radius 1 is 1.60 bits per heavy atom. The second kappa shape index (κ2) is 5.50.